The van der Waals surface area contributed by atoms with Crippen molar-refractivity contribution in [2.75, 3.05) is 5.88 Å². The molecule has 5 rings (SSSR count). The second-order valence-electron chi connectivity index (χ2n) is 8.61. The molecule has 0 saturated carbocycles. The number of nitrogens with zero attached hydrogens (tertiary/aromatic N) is 2. The highest BCUT2D eigenvalue weighted by molar-refractivity contribution is 6.18. The predicted molar refractivity (Wildman–Crippen MR) is 140 cm³/mol. The highest BCUT2D eigenvalue weighted by atomic mass is 35.5. The summed E-state index contributed by atoms with van der Waals surface area (Å²) in [5, 5.41) is 1.28. The van der Waals surface area contributed by atoms with Gasteiger partial charge in [0.1, 0.15) is 5.82 Å². The van der Waals surface area contributed by atoms with E-state index in [4.69, 9.17) is 16.6 Å². The Morgan fingerprint density at radius 3 is 2.21 bits per heavy atom. The van der Waals surface area contributed by atoms with Crippen LogP contribution >= 0.6 is 11.6 Å². The molecular weight excluding hydrogens is 424 g/mol. The largest absolute Gasteiger partial charge is 0.293 e. The van der Waals surface area contributed by atoms with Crippen molar-refractivity contribution in [1.29, 1.82) is 0 Å². The van der Waals surface area contributed by atoms with Crippen LogP contribution < -0.4 is 0 Å². The average Bonchev–Trinajstić information content (AvgIpc) is 3.19. The summed E-state index contributed by atoms with van der Waals surface area (Å²) in [6, 6.07) is 30.0. The standard InChI is InChI=1S/C30H29ClN2/c1-2-3-16-26-27(21-22-12-6-4-7-13-22)32-30(23-14-8-5-9-15-23)33-28-18-11-10-17-24(28)25(19-20-31)29(26)33/h4-15,17-18H,2-3,16,19-21H2,1H3. The normalized spacial score (nSPS) is 11.5. The van der Waals surface area contributed by atoms with Crippen LogP contribution in [-0.4, -0.2) is 15.3 Å². The Bertz CT molecular complexity index is 1370. The summed E-state index contributed by atoms with van der Waals surface area (Å²) in [6.45, 7) is 2.26. The van der Waals surface area contributed by atoms with Gasteiger partial charge in [0.2, 0.25) is 0 Å². The average molecular weight is 453 g/mol. The zero-order valence-corrected chi connectivity index (χ0v) is 19.9. The van der Waals surface area contributed by atoms with E-state index in [0.717, 1.165) is 43.5 Å². The first-order valence-electron chi connectivity index (χ1n) is 11.9. The van der Waals surface area contributed by atoms with E-state index < -0.39 is 0 Å². The van der Waals surface area contributed by atoms with Crippen LogP contribution in [0.5, 0.6) is 0 Å². The van der Waals surface area contributed by atoms with Gasteiger partial charge in [-0.3, -0.25) is 4.40 Å². The van der Waals surface area contributed by atoms with Gasteiger partial charge in [0.05, 0.1) is 16.7 Å². The molecule has 3 heteroatoms. The van der Waals surface area contributed by atoms with Gasteiger partial charge >= 0.3 is 0 Å². The molecule has 0 amide bonds. The number of aromatic nitrogens is 2. The maximum atomic E-state index is 6.35. The molecule has 0 N–H and O–H groups in total. The van der Waals surface area contributed by atoms with Crippen LogP contribution in [0.25, 0.3) is 27.8 Å². The van der Waals surface area contributed by atoms with E-state index >= 15 is 0 Å². The summed E-state index contributed by atoms with van der Waals surface area (Å²) in [5.74, 6) is 1.61. The summed E-state index contributed by atoms with van der Waals surface area (Å²) in [4.78, 5) is 5.37. The monoisotopic (exact) mass is 452 g/mol. The highest BCUT2D eigenvalue weighted by Crippen LogP contribution is 2.36. The quantitative estimate of drug-likeness (QED) is 0.219. The third kappa shape index (κ3) is 4.16. The molecule has 2 nitrogen and oxygen atoms in total. The van der Waals surface area contributed by atoms with Crippen LogP contribution in [0.15, 0.2) is 84.9 Å². The lowest BCUT2D eigenvalue weighted by molar-refractivity contribution is 0.781. The van der Waals surface area contributed by atoms with Gasteiger partial charge in [0, 0.05) is 23.3 Å². The number of fused-ring (bicyclic) bond motifs is 3. The van der Waals surface area contributed by atoms with Crippen molar-refractivity contribution >= 4 is 28.0 Å². The molecule has 0 aliphatic carbocycles. The minimum Gasteiger partial charge on any atom is -0.293 e. The van der Waals surface area contributed by atoms with Crippen LogP contribution in [0.4, 0.5) is 0 Å². The van der Waals surface area contributed by atoms with Crippen LogP contribution in [0.3, 0.4) is 0 Å². The lowest BCUT2D eigenvalue weighted by atomic mass is 9.97. The van der Waals surface area contributed by atoms with Crippen molar-refractivity contribution in [2.24, 2.45) is 0 Å². The molecule has 33 heavy (non-hydrogen) atoms. The third-order valence-electron chi connectivity index (χ3n) is 6.44. The fraction of sp³-hybridized carbons (Fsp3) is 0.233. The molecule has 2 aromatic heterocycles. The van der Waals surface area contributed by atoms with E-state index in [-0.39, 0.29) is 0 Å². The molecule has 0 fully saturated rings. The molecule has 0 aliphatic heterocycles. The number of rotatable bonds is 8. The van der Waals surface area contributed by atoms with E-state index in [1.807, 2.05) is 0 Å². The van der Waals surface area contributed by atoms with Gasteiger partial charge in [-0.1, -0.05) is 92.2 Å². The maximum Gasteiger partial charge on any atom is 0.145 e. The number of hydrogen-bond donors (Lipinski definition) is 0. The first-order chi connectivity index (χ1) is 16.3. The minimum atomic E-state index is 0.605. The van der Waals surface area contributed by atoms with Crippen LogP contribution in [0.1, 0.15) is 42.1 Å². The van der Waals surface area contributed by atoms with Crippen molar-refractivity contribution < 1.29 is 0 Å². The van der Waals surface area contributed by atoms with Gasteiger partial charge in [-0.2, -0.15) is 0 Å². The number of hydrogen-bond acceptors (Lipinski definition) is 1. The van der Waals surface area contributed by atoms with E-state index in [2.05, 4.69) is 96.3 Å². The molecule has 166 valence electrons. The first-order valence-corrected chi connectivity index (χ1v) is 12.4. The van der Waals surface area contributed by atoms with Gasteiger partial charge in [-0.25, -0.2) is 4.98 Å². The molecule has 0 bridgehead atoms. The smallest absolute Gasteiger partial charge is 0.145 e. The molecule has 0 saturated heterocycles. The number of halogens is 1. The minimum absolute atomic E-state index is 0.605. The summed E-state index contributed by atoms with van der Waals surface area (Å²) in [5.41, 5.74) is 8.85. The molecule has 0 aliphatic rings. The molecule has 0 spiro atoms. The van der Waals surface area contributed by atoms with Gasteiger partial charge in [0.15, 0.2) is 0 Å². The Balaban J connectivity index is 1.89. The van der Waals surface area contributed by atoms with Crippen molar-refractivity contribution in [3.05, 3.63) is 107 Å². The van der Waals surface area contributed by atoms with Gasteiger partial charge in [0.25, 0.3) is 0 Å². The summed E-state index contributed by atoms with van der Waals surface area (Å²) in [7, 11) is 0. The first kappa shape index (κ1) is 21.7. The second-order valence-corrected chi connectivity index (χ2v) is 8.99. The molecular formula is C30H29ClN2. The Morgan fingerprint density at radius 2 is 1.48 bits per heavy atom. The second kappa shape index (κ2) is 9.80. The lowest BCUT2D eigenvalue weighted by Gasteiger charge is -2.17. The van der Waals surface area contributed by atoms with Crippen molar-refractivity contribution in [1.82, 2.24) is 9.38 Å². The van der Waals surface area contributed by atoms with E-state index in [1.165, 1.54) is 38.8 Å². The Kier molecular flexibility index (Phi) is 6.46. The Hall–Kier alpha value is -3.10. The van der Waals surface area contributed by atoms with Gasteiger partial charge < -0.3 is 0 Å². The molecule has 0 atom stereocenters. The van der Waals surface area contributed by atoms with E-state index in [9.17, 15) is 0 Å². The molecule has 0 unspecified atom stereocenters. The number of benzene rings is 3. The fourth-order valence-electron chi connectivity index (χ4n) is 4.91. The van der Waals surface area contributed by atoms with Gasteiger partial charge in [-0.05, 0) is 42.0 Å². The lowest BCUT2D eigenvalue weighted by Crippen LogP contribution is -2.08. The van der Waals surface area contributed by atoms with Crippen LogP contribution in [0.2, 0.25) is 0 Å². The fourth-order valence-corrected chi connectivity index (χ4v) is 5.09. The predicted octanol–water partition coefficient (Wildman–Crippen LogP) is 7.87. The number of aryl methyl sites for hydroxylation is 2. The van der Waals surface area contributed by atoms with Crippen molar-refractivity contribution in [3.63, 3.8) is 0 Å². The summed E-state index contributed by atoms with van der Waals surface area (Å²) in [6.07, 6.45) is 5.00. The third-order valence-corrected chi connectivity index (χ3v) is 6.63. The Morgan fingerprint density at radius 1 is 0.788 bits per heavy atom. The molecule has 0 radical (unpaired) electrons. The van der Waals surface area contributed by atoms with E-state index in [0.29, 0.717) is 5.88 Å². The topological polar surface area (TPSA) is 17.3 Å². The maximum absolute atomic E-state index is 6.35. The van der Waals surface area contributed by atoms with Crippen molar-refractivity contribution in [3.8, 4) is 11.4 Å². The Labute approximate surface area is 200 Å². The molecule has 5 aromatic rings. The van der Waals surface area contributed by atoms with Gasteiger partial charge in [-0.15, -0.1) is 11.6 Å². The molecule has 3 aromatic carbocycles. The summed E-state index contributed by atoms with van der Waals surface area (Å²) >= 11 is 6.35. The van der Waals surface area contributed by atoms with Crippen LogP contribution in [0, 0.1) is 0 Å². The summed E-state index contributed by atoms with van der Waals surface area (Å²) < 4.78 is 2.39. The number of unbranched alkanes of at least 4 members (excludes halogenated alkanes) is 1. The zero-order valence-electron chi connectivity index (χ0n) is 19.1. The van der Waals surface area contributed by atoms with Crippen LogP contribution in [-0.2, 0) is 19.3 Å². The number of alkyl halides is 1. The SMILES string of the molecule is CCCCc1c(Cc2ccccc2)nc(-c2ccccc2)n2c1c(CCCl)c1ccccc12. The number of para-hydroxylation sites is 1. The zero-order chi connectivity index (χ0) is 22.6. The van der Waals surface area contributed by atoms with E-state index in [1.54, 1.807) is 0 Å². The molecule has 2 heterocycles. The van der Waals surface area contributed by atoms with Crippen molar-refractivity contribution in [2.45, 2.75) is 39.0 Å². The highest BCUT2D eigenvalue weighted by Gasteiger charge is 2.22.